The van der Waals surface area contributed by atoms with Crippen molar-refractivity contribution in [3.63, 3.8) is 0 Å². The quantitative estimate of drug-likeness (QED) is 0.0985. The van der Waals surface area contributed by atoms with Gasteiger partial charge in [0.1, 0.15) is 8.07 Å². The van der Waals surface area contributed by atoms with E-state index in [9.17, 15) is 0 Å². The van der Waals surface area contributed by atoms with E-state index in [0.717, 1.165) is 0 Å². The molecule has 10 aromatic rings. The van der Waals surface area contributed by atoms with Crippen molar-refractivity contribution >= 4 is 72.3 Å². The fourth-order valence-corrected chi connectivity index (χ4v) is 12.6. The van der Waals surface area contributed by atoms with Crippen molar-refractivity contribution in [3.8, 4) is 44.5 Å². The van der Waals surface area contributed by atoms with E-state index in [-0.39, 0.29) is 0 Å². The van der Waals surface area contributed by atoms with E-state index in [1.54, 1.807) is 0 Å². The Hall–Kier alpha value is -6.28. The molecule has 53 heavy (non-hydrogen) atoms. The Morgan fingerprint density at radius 2 is 0.849 bits per heavy atom. The normalized spacial score (nSPS) is 13.2. The molecule has 1 aliphatic heterocycles. The summed E-state index contributed by atoms with van der Waals surface area (Å²) in [5, 5.41) is 16.0. The minimum Gasteiger partial charge on any atom is -0.0622 e. The predicted molar refractivity (Wildman–Crippen MR) is 232 cm³/mol. The second-order valence-electron chi connectivity index (χ2n) is 15.2. The van der Waals surface area contributed by atoms with Gasteiger partial charge in [-0.05, 0) is 121 Å². The first-order valence-corrected chi connectivity index (χ1v) is 21.7. The highest BCUT2D eigenvalue weighted by Crippen LogP contribution is 2.49. The van der Waals surface area contributed by atoms with Gasteiger partial charge in [-0.15, -0.1) is 0 Å². The highest BCUT2D eigenvalue weighted by molar-refractivity contribution is 7.04. The molecule has 248 valence electrons. The predicted octanol–water partition coefficient (Wildman–Crippen LogP) is 13.3. The fraction of sp³-hybridized carbons (Fsp3) is 0.0385. The average Bonchev–Trinajstić information content (AvgIpc) is 3.43. The molecule has 11 rings (SSSR count). The maximum Gasteiger partial charge on any atom is 0.113 e. The van der Waals surface area contributed by atoms with Gasteiger partial charge < -0.3 is 0 Å². The van der Waals surface area contributed by atoms with E-state index < -0.39 is 8.07 Å². The summed E-state index contributed by atoms with van der Waals surface area (Å²) in [7, 11) is -2.08. The van der Waals surface area contributed by atoms with Gasteiger partial charge in [0.05, 0.1) is 0 Å². The van der Waals surface area contributed by atoms with Crippen molar-refractivity contribution < 1.29 is 0 Å². The minimum atomic E-state index is -2.08. The Kier molecular flexibility index (Phi) is 6.50. The number of benzene rings is 10. The molecule has 10 aromatic carbocycles. The molecule has 0 aromatic heterocycles. The molecule has 1 heteroatoms. The molecule has 0 atom stereocenters. The first kappa shape index (κ1) is 30.4. The van der Waals surface area contributed by atoms with Crippen LogP contribution in [0.1, 0.15) is 0 Å². The van der Waals surface area contributed by atoms with Gasteiger partial charge in [-0.25, -0.2) is 0 Å². The first-order chi connectivity index (χ1) is 26.1. The third-order valence-corrected chi connectivity index (χ3v) is 15.5. The molecule has 0 fully saturated rings. The standard InChI is InChI=1S/C52H36Si/c1-53(2)49-30-35(33-15-4-3-5-16-33)27-28-41(49)45-31-47-48(32-50(45)53)51(42-26-14-19-34-17-6-8-20-37(34)42)43-24-12-13-25-44(43)52(47)46-29-36-18-7-9-21-38(36)39-22-10-11-23-40(39)46/h3-32H,1-2H3. The highest BCUT2D eigenvalue weighted by Gasteiger charge is 2.38. The van der Waals surface area contributed by atoms with Crippen molar-refractivity contribution in [1.82, 2.24) is 0 Å². The Bertz CT molecular complexity index is 3130. The zero-order chi connectivity index (χ0) is 35.3. The van der Waals surface area contributed by atoms with Gasteiger partial charge in [-0.3, -0.25) is 0 Å². The summed E-state index contributed by atoms with van der Waals surface area (Å²) in [6, 6.07) is 68.4. The zero-order valence-corrected chi connectivity index (χ0v) is 30.8. The SMILES string of the molecule is C[Si]1(C)c2cc(-c3ccccc3)ccc2-c2cc3c(-c4cc5ccccc5c5ccccc45)c4ccccc4c(-c4cccc5ccccc45)c3cc21. The Morgan fingerprint density at radius 1 is 0.283 bits per heavy atom. The lowest BCUT2D eigenvalue weighted by Crippen LogP contribution is -2.49. The van der Waals surface area contributed by atoms with Crippen LogP contribution >= 0.6 is 0 Å². The number of hydrogen-bond donors (Lipinski definition) is 0. The minimum absolute atomic E-state index is 1.27. The lowest BCUT2D eigenvalue weighted by molar-refractivity contribution is 1.63. The van der Waals surface area contributed by atoms with Crippen LogP contribution in [-0.4, -0.2) is 8.07 Å². The summed E-state index contributed by atoms with van der Waals surface area (Å²) in [6.07, 6.45) is 0. The van der Waals surface area contributed by atoms with Gasteiger partial charge in [0.25, 0.3) is 0 Å². The monoisotopic (exact) mass is 688 g/mol. The molecular formula is C52H36Si. The Labute approximate surface area is 310 Å². The van der Waals surface area contributed by atoms with Gasteiger partial charge in [-0.1, -0.05) is 183 Å². The van der Waals surface area contributed by atoms with E-state index >= 15 is 0 Å². The maximum atomic E-state index is 2.62. The highest BCUT2D eigenvalue weighted by atomic mass is 28.3. The summed E-state index contributed by atoms with van der Waals surface area (Å²) in [5.41, 5.74) is 10.6. The van der Waals surface area contributed by atoms with E-state index in [4.69, 9.17) is 0 Å². The van der Waals surface area contributed by atoms with Crippen LogP contribution in [0, 0.1) is 0 Å². The molecular weight excluding hydrogens is 653 g/mol. The molecule has 0 unspecified atom stereocenters. The largest absolute Gasteiger partial charge is 0.113 e. The zero-order valence-electron chi connectivity index (χ0n) is 29.8. The van der Waals surface area contributed by atoms with Crippen LogP contribution in [0.2, 0.25) is 13.1 Å². The van der Waals surface area contributed by atoms with Crippen molar-refractivity contribution in [2.75, 3.05) is 0 Å². The van der Waals surface area contributed by atoms with Crippen molar-refractivity contribution in [2.24, 2.45) is 0 Å². The smallest absolute Gasteiger partial charge is 0.0622 e. The molecule has 0 spiro atoms. The molecule has 0 nitrogen and oxygen atoms in total. The van der Waals surface area contributed by atoms with Crippen LogP contribution in [0.3, 0.4) is 0 Å². The molecule has 0 saturated heterocycles. The second-order valence-corrected chi connectivity index (χ2v) is 19.5. The maximum absolute atomic E-state index is 2.62. The van der Waals surface area contributed by atoms with Gasteiger partial charge in [0.2, 0.25) is 0 Å². The van der Waals surface area contributed by atoms with E-state index in [1.165, 1.54) is 109 Å². The summed E-state index contributed by atoms with van der Waals surface area (Å²) in [4.78, 5) is 0. The van der Waals surface area contributed by atoms with Crippen LogP contribution in [0.25, 0.3) is 98.4 Å². The third-order valence-electron chi connectivity index (χ3n) is 12.0. The molecule has 1 heterocycles. The summed E-state index contributed by atoms with van der Waals surface area (Å²) in [5.74, 6) is 0. The lowest BCUT2D eigenvalue weighted by atomic mass is 9.82. The summed E-state index contributed by atoms with van der Waals surface area (Å²) < 4.78 is 0. The first-order valence-electron chi connectivity index (χ1n) is 18.7. The van der Waals surface area contributed by atoms with E-state index in [0.29, 0.717) is 0 Å². The third kappa shape index (κ3) is 4.41. The van der Waals surface area contributed by atoms with Crippen molar-refractivity contribution in [2.45, 2.75) is 13.1 Å². The van der Waals surface area contributed by atoms with Crippen molar-refractivity contribution in [1.29, 1.82) is 0 Å². The molecule has 0 amide bonds. The molecule has 1 aliphatic rings. The fourth-order valence-electron chi connectivity index (χ4n) is 9.50. The number of rotatable bonds is 3. The Morgan fingerprint density at radius 3 is 1.62 bits per heavy atom. The molecule has 0 bridgehead atoms. The van der Waals surface area contributed by atoms with Crippen LogP contribution < -0.4 is 10.4 Å². The summed E-state index contributed by atoms with van der Waals surface area (Å²) in [6.45, 7) is 5.10. The van der Waals surface area contributed by atoms with Crippen LogP contribution in [0.5, 0.6) is 0 Å². The number of hydrogen-bond acceptors (Lipinski definition) is 0. The molecule has 0 saturated carbocycles. The molecule has 0 aliphatic carbocycles. The Balaban J connectivity index is 1.32. The van der Waals surface area contributed by atoms with Gasteiger partial charge >= 0.3 is 0 Å². The average molecular weight is 689 g/mol. The topological polar surface area (TPSA) is 0 Å². The van der Waals surface area contributed by atoms with Crippen LogP contribution in [-0.2, 0) is 0 Å². The summed E-state index contributed by atoms with van der Waals surface area (Å²) >= 11 is 0. The van der Waals surface area contributed by atoms with E-state index in [1.807, 2.05) is 0 Å². The lowest BCUT2D eigenvalue weighted by Gasteiger charge is -2.23. The molecule has 0 N–H and O–H groups in total. The van der Waals surface area contributed by atoms with Crippen LogP contribution in [0.15, 0.2) is 182 Å². The van der Waals surface area contributed by atoms with Gasteiger partial charge in [0.15, 0.2) is 0 Å². The van der Waals surface area contributed by atoms with Gasteiger partial charge in [-0.2, -0.15) is 0 Å². The molecule has 0 radical (unpaired) electrons. The second kappa shape index (κ2) is 11.4. The number of fused-ring (bicyclic) bond motifs is 9. The van der Waals surface area contributed by atoms with Crippen LogP contribution in [0.4, 0.5) is 0 Å². The van der Waals surface area contributed by atoms with Crippen molar-refractivity contribution in [3.05, 3.63) is 182 Å². The van der Waals surface area contributed by atoms with E-state index in [2.05, 4.69) is 195 Å². The van der Waals surface area contributed by atoms with Gasteiger partial charge in [0, 0.05) is 0 Å².